The van der Waals surface area contributed by atoms with E-state index in [9.17, 15) is 4.79 Å². The highest BCUT2D eigenvalue weighted by molar-refractivity contribution is 6.31. The van der Waals surface area contributed by atoms with Crippen LogP contribution in [0.25, 0.3) is 0 Å². The average molecular weight is 471 g/mol. The van der Waals surface area contributed by atoms with Gasteiger partial charge in [-0.05, 0) is 69.6 Å². The number of aromatic nitrogens is 2. The number of methoxy groups -OCH3 is 1. The van der Waals surface area contributed by atoms with Gasteiger partial charge < -0.3 is 14.5 Å². The zero-order chi connectivity index (χ0) is 23.4. The summed E-state index contributed by atoms with van der Waals surface area (Å²) in [6.07, 6.45) is 7.78. The molecule has 1 aromatic heterocycles. The van der Waals surface area contributed by atoms with Gasteiger partial charge in [0.15, 0.2) is 0 Å². The van der Waals surface area contributed by atoms with E-state index in [-0.39, 0.29) is 5.91 Å². The number of carbonyl (C=O) groups excluding carboxylic acids is 1. The molecule has 0 N–H and O–H groups in total. The molecule has 3 heterocycles. The summed E-state index contributed by atoms with van der Waals surface area (Å²) in [5.74, 6) is 0.0334. The van der Waals surface area contributed by atoms with E-state index in [0.717, 1.165) is 86.5 Å². The van der Waals surface area contributed by atoms with Gasteiger partial charge >= 0.3 is 0 Å². The summed E-state index contributed by atoms with van der Waals surface area (Å²) in [7, 11) is 1.81. The molecule has 0 radical (unpaired) electrons. The van der Waals surface area contributed by atoms with Crippen molar-refractivity contribution in [3.63, 3.8) is 0 Å². The van der Waals surface area contributed by atoms with Crippen LogP contribution < -0.4 is 0 Å². The Kier molecular flexibility index (Phi) is 7.99. The van der Waals surface area contributed by atoms with Gasteiger partial charge in [0.1, 0.15) is 12.0 Å². The van der Waals surface area contributed by atoms with Crippen LogP contribution in [0.15, 0.2) is 24.5 Å². The lowest BCUT2D eigenvalue weighted by atomic mass is 9.98. The number of nitrogens with zero attached hydrogens (tertiary/aromatic N) is 4. The summed E-state index contributed by atoms with van der Waals surface area (Å²) in [5, 5.41) is 0.786. The van der Waals surface area contributed by atoms with Gasteiger partial charge in [0, 0.05) is 55.6 Å². The number of rotatable bonds is 6. The van der Waals surface area contributed by atoms with Crippen molar-refractivity contribution in [1.82, 2.24) is 19.8 Å². The highest BCUT2D eigenvalue weighted by Gasteiger charge is 2.31. The third-order valence-electron chi connectivity index (χ3n) is 7.36. The van der Waals surface area contributed by atoms with E-state index in [4.69, 9.17) is 16.3 Å². The monoisotopic (exact) mass is 470 g/mol. The van der Waals surface area contributed by atoms with Gasteiger partial charge in [0.2, 0.25) is 0 Å². The normalized spacial score (nSPS) is 18.6. The molecule has 6 nitrogen and oxygen atoms in total. The van der Waals surface area contributed by atoms with Crippen LogP contribution in [-0.2, 0) is 17.6 Å². The van der Waals surface area contributed by atoms with E-state index < -0.39 is 0 Å². The number of ether oxygens (including phenoxy) is 1. The molecule has 2 saturated heterocycles. The minimum absolute atomic E-state index is 0.0334. The zero-order valence-electron chi connectivity index (χ0n) is 20.0. The molecule has 2 aromatic rings. The summed E-state index contributed by atoms with van der Waals surface area (Å²) < 4.78 is 5.50. The lowest BCUT2D eigenvalue weighted by Crippen LogP contribution is -2.49. The molecule has 2 aliphatic heterocycles. The molecule has 1 aromatic carbocycles. The number of halogens is 1. The van der Waals surface area contributed by atoms with E-state index >= 15 is 0 Å². The second-order valence-electron chi connectivity index (χ2n) is 9.37. The maximum absolute atomic E-state index is 13.3. The molecule has 0 spiro atoms. The Morgan fingerprint density at radius 2 is 1.79 bits per heavy atom. The minimum atomic E-state index is 0.0334. The Morgan fingerprint density at radius 3 is 2.45 bits per heavy atom. The van der Waals surface area contributed by atoms with Crippen LogP contribution in [-0.4, -0.2) is 71.1 Å². The molecule has 0 unspecified atom stereocenters. The maximum Gasteiger partial charge on any atom is 0.272 e. The van der Waals surface area contributed by atoms with Crippen LogP contribution in [0.2, 0.25) is 5.02 Å². The molecule has 0 saturated carbocycles. The number of aryl methyl sites for hydroxylation is 3. The number of amides is 1. The van der Waals surface area contributed by atoms with Crippen LogP contribution >= 0.6 is 11.6 Å². The first-order chi connectivity index (χ1) is 16.0. The van der Waals surface area contributed by atoms with E-state index in [2.05, 4.69) is 20.9 Å². The lowest BCUT2D eigenvalue weighted by Gasteiger charge is -2.41. The minimum Gasteiger partial charge on any atom is -0.381 e. The standard InChI is InChI=1S/C26H35ClN4O2/c1-18-4-5-20(16-23(18)27)6-7-24-19(2)25(29-17-28-24)26(32)31-12-8-21(9-13-31)30-14-10-22(33-3)11-15-30/h4-5,16-17,21-22H,6-15H2,1-3H3. The van der Waals surface area contributed by atoms with E-state index in [1.165, 1.54) is 11.9 Å². The number of carbonyl (C=O) groups is 1. The first kappa shape index (κ1) is 24.1. The van der Waals surface area contributed by atoms with E-state index in [1.54, 1.807) is 0 Å². The predicted octanol–water partition coefficient (Wildman–Crippen LogP) is 4.25. The predicted molar refractivity (Wildman–Crippen MR) is 131 cm³/mol. The van der Waals surface area contributed by atoms with Crippen LogP contribution in [0, 0.1) is 13.8 Å². The van der Waals surface area contributed by atoms with Crippen molar-refractivity contribution in [2.45, 2.75) is 64.5 Å². The fourth-order valence-corrected chi connectivity index (χ4v) is 5.27. The largest absolute Gasteiger partial charge is 0.381 e. The Balaban J connectivity index is 1.34. The molecule has 178 valence electrons. The van der Waals surface area contributed by atoms with Gasteiger partial charge in [0.25, 0.3) is 5.91 Å². The maximum atomic E-state index is 13.3. The zero-order valence-corrected chi connectivity index (χ0v) is 20.8. The Morgan fingerprint density at radius 1 is 1.06 bits per heavy atom. The Bertz CT molecular complexity index is 967. The van der Waals surface area contributed by atoms with Gasteiger partial charge in [-0.3, -0.25) is 4.79 Å². The molecule has 2 aliphatic rings. The number of hydrogen-bond donors (Lipinski definition) is 0. The van der Waals surface area contributed by atoms with E-state index in [0.29, 0.717) is 17.8 Å². The van der Waals surface area contributed by atoms with Crippen molar-refractivity contribution < 1.29 is 9.53 Å². The first-order valence-corrected chi connectivity index (χ1v) is 12.5. The van der Waals surface area contributed by atoms with Crippen LogP contribution in [0.3, 0.4) is 0 Å². The molecule has 1 amide bonds. The molecule has 33 heavy (non-hydrogen) atoms. The van der Waals surface area contributed by atoms with Gasteiger partial charge in [-0.25, -0.2) is 9.97 Å². The van der Waals surface area contributed by atoms with Gasteiger partial charge in [0.05, 0.1) is 6.10 Å². The van der Waals surface area contributed by atoms with Crippen molar-refractivity contribution in [3.8, 4) is 0 Å². The van der Waals surface area contributed by atoms with Crippen molar-refractivity contribution in [2.24, 2.45) is 0 Å². The quantitative estimate of drug-likeness (QED) is 0.631. The van der Waals surface area contributed by atoms with Crippen molar-refractivity contribution in [2.75, 3.05) is 33.3 Å². The Hall–Kier alpha value is -2.02. The van der Waals surface area contributed by atoms with Crippen LogP contribution in [0.4, 0.5) is 0 Å². The molecular weight excluding hydrogens is 436 g/mol. The third-order valence-corrected chi connectivity index (χ3v) is 7.76. The second kappa shape index (κ2) is 10.9. The van der Waals surface area contributed by atoms with Crippen molar-refractivity contribution in [1.29, 1.82) is 0 Å². The SMILES string of the molecule is COC1CCN(C2CCN(C(=O)c3ncnc(CCc4ccc(C)c(Cl)c4)c3C)CC2)CC1. The molecule has 4 rings (SSSR count). The van der Waals surface area contributed by atoms with Gasteiger partial charge in [-0.15, -0.1) is 0 Å². The highest BCUT2D eigenvalue weighted by Crippen LogP contribution is 2.24. The topological polar surface area (TPSA) is 58.6 Å². The molecule has 7 heteroatoms. The first-order valence-electron chi connectivity index (χ1n) is 12.1. The Labute approximate surface area is 202 Å². The number of likely N-dealkylation sites (tertiary alicyclic amines) is 2. The van der Waals surface area contributed by atoms with Crippen LogP contribution in [0.5, 0.6) is 0 Å². The number of hydrogen-bond acceptors (Lipinski definition) is 5. The smallest absolute Gasteiger partial charge is 0.272 e. The molecule has 0 aliphatic carbocycles. The molecular formula is C26H35ClN4O2. The summed E-state index contributed by atoms with van der Waals surface area (Å²) in [6, 6.07) is 6.73. The third kappa shape index (κ3) is 5.73. The number of piperidine rings is 2. The summed E-state index contributed by atoms with van der Waals surface area (Å²) in [6.45, 7) is 7.74. The van der Waals surface area contributed by atoms with Crippen molar-refractivity contribution >= 4 is 17.5 Å². The van der Waals surface area contributed by atoms with Crippen molar-refractivity contribution in [3.05, 3.63) is 57.6 Å². The summed E-state index contributed by atoms with van der Waals surface area (Å²) in [4.78, 5) is 26.7. The van der Waals surface area contributed by atoms with Crippen LogP contribution in [0.1, 0.15) is 58.6 Å². The molecule has 2 fully saturated rings. The summed E-state index contributed by atoms with van der Waals surface area (Å²) >= 11 is 6.27. The lowest BCUT2D eigenvalue weighted by molar-refractivity contribution is 0.0144. The highest BCUT2D eigenvalue weighted by atomic mass is 35.5. The summed E-state index contributed by atoms with van der Waals surface area (Å²) in [5.41, 5.74) is 4.62. The van der Waals surface area contributed by atoms with Gasteiger partial charge in [-0.1, -0.05) is 23.7 Å². The average Bonchev–Trinajstić information content (AvgIpc) is 2.85. The fourth-order valence-electron chi connectivity index (χ4n) is 5.07. The number of benzene rings is 1. The molecule has 0 atom stereocenters. The van der Waals surface area contributed by atoms with Gasteiger partial charge in [-0.2, -0.15) is 0 Å². The van der Waals surface area contributed by atoms with E-state index in [1.807, 2.05) is 38.0 Å². The second-order valence-corrected chi connectivity index (χ2v) is 9.78. The molecule has 0 bridgehead atoms. The fraction of sp³-hybridized carbons (Fsp3) is 0.577.